The van der Waals surface area contributed by atoms with Crippen molar-refractivity contribution in [2.24, 2.45) is 0 Å². The Morgan fingerprint density at radius 1 is 1.19 bits per heavy atom. The summed E-state index contributed by atoms with van der Waals surface area (Å²) in [6.45, 7) is 5.03. The minimum atomic E-state index is -4.55. The molecule has 1 aliphatic rings. The third kappa shape index (κ3) is 3.70. The van der Waals surface area contributed by atoms with Crippen molar-refractivity contribution >= 4 is 49.1 Å². The number of anilines is 1. The van der Waals surface area contributed by atoms with Gasteiger partial charge in [-0.3, -0.25) is 0 Å². The first-order valence-electron chi connectivity index (χ1n) is 9.80. The minimum absolute atomic E-state index is 0.00698. The van der Waals surface area contributed by atoms with Crippen molar-refractivity contribution in [2.75, 3.05) is 37.7 Å². The van der Waals surface area contributed by atoms with Crippen LogP contribution in [0.3, 0.4) is 0 Å². The molecule has 0 radical (unpaired) electrons. The summed E-state index contributed by atoms with van der Waals surface area (Å²) in [5, 5.41) is 5.07. The fourth-order valence-corrected chi connectivity index (χ4v) is 5.38. The average molecular weight is 466 g/mol. The summed E-state index contributed by atoms with van der Waals surface area (Å²) in [4.78, 5) is 16.6. The lowest BCUT2D eigenvalue weighted by Crippen LogP contribution is -2.44. The van der Waals surface area contributed by atoms with Gasteiger partial charge in [-0.15, -0.1) is 22.7 Å². The van der Waals surface area contributed by atoms with Gasteiger partial charge in [0, 0.05) is 26.2 Å². The van der Waals surface area contributed by atoms with Crippen LogP contribution in [0.2, 0.25) is 0 Å². The van der Waals surface area contributed by atoms with Crippen LogP contribution in [0, 0.1) is 0 Å². The highest BCUT2D eigenvalue weighted by Gasteiger charge is 2.36. The van der Waals surface area contributed by atoms with Crippen molar-refractivity contribution in [3.63, 3.8) is 0 Å². The summed E-state index contributed by atoms with van der Waals surface area (Å²) < 4.78 is 48.6. The molecule has 6 nitrogen and oxygen atoms in total. The van der Waals surface area contributed by atoms with Gasteiger partial charge in [-0.25, -0.2) is 9.97 Å². The summed E-state index contributed by atoms with van der Waals surface area (Å²) in [7, 11) is 0. The normalized spacial score (nSPS) is 15.2. The van der Waals surface area contributed by atoms with Crippen molar-refractivity contribution in [1.82, 2.24) is 20.3 Å². The van der Waals surface area contributed by atoms with Crippen LogP contribution in [0.5, 0.6) is 5.88 Å². The van der Waals surface area contributed by atoms with E-state index in [9.17, 15) is 13.2 Å². The highest BCUT2D eigenvalue weighted by atomic mass is 32.1. The van der Waals surface area contributed by atoms with Crippen LogP contribution in [0.1, 0.15) is 12.5 Å². The molecular weight excluding hydrogens is 447 g/mol. The molecule has 1 aliphatic heterocycles. The molecule has 5 rings (SSSR count). The molecule has 0 atom stereocenters. The third-order valence-corrected chi connectivity index (χ3v) is 6.96. The Morgan fingerprint density at radius 2 is 2.00 bits per heavy atom. The Balaban J connectivity index is 1.80. The zero-order chi connectivity index (χ0) is 21.6. The Kier molecular flexibility index (Phi) is 5.19. The zero-order valence-corrected chi connectivity index (χ0v) is 18.1. The van der Waals surface area contributed by atoms with Crippen LogP contribution in [-0.4, -0.2) is 47.7 Å². The number of pyridine rings is 1. The molecule has 1 N–H and O–H groups in total. The number of alkyl halides is 3. The predicted octanol–water partition coefficient (Wildman–Crippen LogP) is 4.80. The van der Waals surface area contributed by atoms with Crippen LogP contribution in [0.4, 0.5) is 19.1 Å². The van der Waals surface area contributed by atoms with Gasteiger partial charge in [0.15, 0.2) is 0 Å². The van der Waals surface area contributed by atoms with Gasteiger partial charge in [-0.2, -0.15) is 18.2 Å². The fraction of sp³-hybridized carbons (Fsp3) is 0.350. The molecule has 1 saturated heterocycles. The number of hydrogen-bond donors (Lipinski definition) is 1. The van der Waals surface area contributed by atoms with Gasteiger partial charge in [0.05, 0.1) is 28.1 Å². The van der Waals surface area contributed by atoms with Crippen LogP contribution in [-0.2, 0) is 6.18 Å². The van der Waals surface area contributed by atoms with E-state index in [-0.39, 0.29) is 15.7 Å². The lowest BCUT2D eigenvalue weighted by Gasteiger charge is -2.27. The molecule has 4 aromatic rings. The van der Waals surface area contributed by atoms with Crippen LogP contribution < -0.4 is 15.0 Å². The number of piperazine rings is 1. The number of rotatable bonds is 4. The second kappa shape index (κ2) is 7.88. The minimum Gasteiger partial charge on any atom is -0.477 e. The maximum absolute atomic E-state index is 14.1. The molecule has 0 unspecified atom stereocenters. The maximum atomic E-state index is 14.1. The molecule has 0 bridgehead atoms. The lowest BCUT2D eigenvalue weighted by atomic mass is 10.1. The van der Waals surface area contributed by atoms with Gasteiger partial charge in [-0.05, 0) is 24.4 Å². The van der Waals surface area contributed by atoms with Crippen LogP contribution in [0.15, 0.2) is 23.6 Å². The Labute approximate surface area is 183 Å². The highest BCUT2D eigenvalue weighted by Crippen LogP contribution is 2.45. The van der Waals surface area contributed by atoms with E-state index in [1.807, 2.05) is 17.2 Å². The van der Waals surface area contributed by atoms with Crippen molar-refractivity contribution in [2.45, 2.75) is 13.1 Å². The van der Waals surface area contributed by atoms with E-state index in [0.717, 1.165) is 30.5 Å². The number of thiophene rings is 2. The number of nitrogens with one attached hydrogen (secondary N) is 1. The van der Waals surface area contributed by atoms with E-state index in [1.54, 1.807) is 12.1 Å². The molecule has 5 heterocycles. The molecule has 31 heavy (non-hydrogen) atoms. The summed E-state index contributed by atoms with van der Waals surface area (Å²) in [5.41, 5.74) is -0.196. The van der Waals surface area contributed by atoms with Gasteiger partial charge in [0.25, 0.3) is 0 Å². The average Bonchev–Trinajstić information content (AvgIpc) is 3.41. The van der Waals surface area contributed by atoms with E-state index in [4.69, 9.17) is 4.74 Å². The smallest absolute Gasteiger partial charge is 0.417 e. The van der Waals surface area contributed by atoms with E-state index >= 15 is 0 Å². The van der Waals surface area contributed by atoms with Crippen molar-refractivity contribution in [1.29, 1.82) is 0 Å². The first-order valence-corrected chi connectivity index (χ1v) is 11.5. The summed E-state index contributed by atoms with van der Waals surface area (Å²) in [6, 6.07) is 4.68. The van der Waals surface area contributed by atoms with E-state index < -0.39 is 11.7 Å². The summed E-state index contributed by atoms with van der Waals surface area (Å²) in [5.74, 6) is 0.683. The number of halogens is 3. The first kappa shape index (κ1) is 20.4. The van der Waals surface area contributed by atoms with Gasteiger partial charge < -0.3 is 15.0 Å². The monoisotopic (exact) mass is 465 g/mol. The Bertz CT molecular complexity index is 1230. The van der Waals surface area contributed by atoms with Crippen molar-refractivity contribution < 1.29 is 17.9 Å². The van der Waals surface area contributed by atoms with Gasteiger partial charge in [0.2, 0.25) is 11.8 Å². The van der Waals surface area contributed by atoms with Crippen LogP contribution in [0.25, 0.3) is 31.0 Å². The van der Waals surface area contributed by atoms with Gasteiger partial charge in [0.1, 0.15) is 15.0 Å². The highest BCUT2D eigenvalue weighted by molar-refractivity contribution is 7.25. The molecule has 1 fully saturated rings. The molecule has 0 aliphatic carbocycles. The van der Waals surface area contributed by atoms with Gasteiger partial charge >= 0.3 is 6.18 Å². The van der Waals surface area contributed by atoms with E-state index in [1.165, 1.54) is 11.3 Å². The molecule has 0 saturated carbocycles. The second-order valence-electron chi connectivity index (χ2n) is 6.99. The zero-order valence-electron chi connectivity index (χ0n) is 16.5. The van der Waals surface area contributed by atoms with Crippen molar-refractivity contribution in [3.8, 4) is 16.5 Å². The number of aromatic nitrogens is 3. The number of nitrogens with zero attached hydrogens (tertiary/aromatic N) is 4. The molecule has 0 amide bonds. The SMILES string of the molecule is CCOc1nc(N2CCNCC2)nc2c1sc1nc(-c3cccs3)cc(C(F)(F)F)c12. The largest absolute Gasteiger partial charge is 0.477 e. The molecule has 11 heteroatoms. The topological polar surface area (TPSA) is 63.2 Å². The second-order valence-corrected chi connectivity index (χ2v) is 8.94. The molecule has 0 spiro atoms. The number of fused-ring (bicyclic) bond motifs is 3. The quantitative estimate of drug-likeness (QED) is 0.467. The van der Waals surface area contributed by atoms with E-state index in [0.29, 0.717) is 46.8 Å². The van der Waals surface area contributed by atoms with Crippen molar-refractivity contribution in [3.05, 3.63) is 29.1 Å². The van der Waals surface area contributed by atoms with Gasteiger partial charge in [-0.1, -0.05) is 6.07 Å². The number of hydrogen-bond acceptors (Lipinski definition) is 8. The summed E-state index contributed by atoms with van der Waals surface area (Å²) in [6.07, 6.45) is -4.55. The van der Waals surface area contributed by atoms with E-state index in [2.05, 4.69) is 20.3 Å². The Hall–Kier alpha value is -2.50. The van der Waals surface area contributed by atoms with Crippen LogP contribution >= 0.6 is 22.7 Å². The number of ether oxygens (including phenoxy) is 1. The maximum Gasteiger partial charge on any atom is 0.417 e. The third-order valence-electron chi connectivity index (χ3n) is 5.00. The fourth-order valence-electron chi connectivity index (χ4n) is 3.62. The summed E-state index contributed by atoms with van der Waals surface area (Å²) >= 11 is 2.49. The standard InChI is InChI=1S/C20H18F3N5OS2/c1-2-29-17-16-15(26-19(27-17)28-7-5-24-6-8-28)14-11(20(21,22)23)10-12(25-18(14)31-16)13-4-3-9-30-13/h3-4,9-10,24H,2,5-8H2,1H3. The molecule has 162 valence electrons. The molecule has 4 aromatic heterocycles. The lowest BCUT2D eigenvalue weighted by molar-refractivity contribution is -0.136. The Morgan fingerprint density at radius 3 is 2.68 bits per heavy atom. The first-order chi connectivity index (χ1) is 15.0. The predicted molar refractivity (Wildman–Crippen MR) is 117 cm³/mol. The molecular formula is C20H18F3N5OS2. The molecule has 0 aromatic carbocycles.